The van der Waals surface area contributed by atoms with Crippen molar-refractivity contribution < 1.29 is 33.4 Å². The maximum atomic E-state index is 13.2. The first-order valence-electron chi connectivity index (χ1n) is 12.8. The molecule has 15 nitrogen and oxygen atoms in total. The van der Waals surface area contributed by atoms with Crippen LogP contribution in [0.4, 0.5) is 15.5 Å². The summed E-state index contributed by atoms with van der Waals surface area (Å²) in [7, 11) is 0. The van der Waals surface area contributed by atoms with Crippen LogP contribution in [0.1, 0.15) is 33.3 Å². The summed E-state index contributed by atoms with van der Waals surface area (Å²) in [5.74, 6) is -1.38. The molecule has 220 valence electrons. The minimum atomic E-state index is -0.850. The fraction of sp³-hybridized carbons (Fsp3) is 0.423. The number of hydrogen-bond acceptors (Lipinski definition) is 10. The predicted octanol–water partition coefficient (Wildman–Crippen LogP) is 1.78. The van der Waals surface area contributed by atoms with Gasteiger partial charge in [-0.2, -0.15) is 4.98 Å². The number of rotatable bonds is 11. The Bertz CT molecular complexity index is 1430. The van der Waals surface area contributed by atoms with Crippen molar-refractivity contribution in [3.05, 3.63) is 52.6 Å². The van der Waals surface area contributed by atoms with Crippen LogP contribution in [0, 0.1) is 0 Å². The molecule has 0 bridgehead atoms. The van der Waals surface area contributed by atoms with Gasteiger partial charge in [-0.1, -0.05) is 30.3 Å². The first kappa shape index (κ1) is 30.6. The minimum Gasteiger partial charge on any atom is -0.465 e. The van der Waals surface area contributed by atoms with Gasteiger partial charge in [-0.25, -0.2) is 14.6 Å². The topological polar surface area (TPSA) is 187 Å². The van der Waals surface area contributed by atoms with E-state index in [2.05, 4.69) is 25.6 Å². The third-order valence-electron chi connectivity index (χ3n) is 5.24. The summed E-state index contributed by atoms with van der Waals surface area (Å²) in [5, 5.41) is 4.89. The third kappa shape index (κ3) is 9.63. The second-order valence-corrected chi connectivity index (χ2v) is 9.69. The predicted molar refractivity (Wildman–Crippen MR) is 146 cm³/mol. The number of carbonyl (C=O) groups is 4. The summed E-state index contributed by atoms with van der Waals surface area (Å²) in [5.41, 5.74) is -0.633. The van der Waals surface area contributed by atoms with E-state index in [1.807, 2.05) is 6.07 Å². The molecule has 3 amide bonds. The van der Waals surface area contributed by atoms with Crippen LogP contribution in [0.15, 0.2) is 41.5 Å². The molecule has 3 aromatic rings. The van der Waals surface area contributed by atoms with Gasteiger partial charge in [0.15, 0.2) is 11.2 Å². The standard InChI is InChI=1S/C26H33N7O8/c1-5-39-19(35)14-32(12-11-27-24(37)41-26(2,3)4)18(34)13-33-16-28-20-21(33)29-23(30-22(20)36)31-25(38)40-15-17-9-7-6-8-10-17/h6-10,16H,5,11-15H2,1-4H3,(H,27,37)(H2,29,30,31,36,38). The van der Waals surface area contributed by atoms with Crippen LogP contribution in [0.2, 0.25) is 0 Å². The smallest absolute Gasteiger partial charge is 0.414 e. The van der Waals surface area contributed by atoms with Gasteiger partial charge in [-0.05, 0) is 33.3 Å². The Balaban J connectivity index is 1.70. The number of benzene rings is 1. The van der Waals surface area contributed by atoms with E-state index in [0.717, 1.165) is 5.56 Å². The van der Waals surface area contributed by atoms with Gasteiger partial charge in [0, 0.05) is 13.1 Å². The number of nitrogens with zero attached hydrogens (tertiary/aromatic N) is 4. The van der Waals surface area contributed by atoms with E-state index >= 15 is 0 Å². The number of ether oxygens (including phenoxy) is 3. The van der Waals surface area contributed by atoms with Crippen molar-refractivity contribution in [2.24, 2.45) is 0 Å². The molecule has 2 aromatic heterocycles. The highest BCUT2D eigenvalue weighted by molar-refractivity contribution is 5.85. The fourth-order valence-corrected chi connectivity index (χ4v) is 3.49. The molecule has 0 saturated heterocycles. The van der Waals surface area contributed by atoms with E-state index < -0.39 is 35.2 Å². The maximum Gasteiger partial charge on any atom is 0.414 e. The van der Waals surface area contributed by atoms with Gasteiger partial charge < -0.3 is 29.0 Å². The summed E-state index contributed by atoms with van der Waals surface area (Å²) >= 11 is 0. The van der Waals surface area contributed by atoms with E-state index in [-0.39, 0.29) is 56.5 Å². The lowest BCUT2D eigenvalue weighted by Crippen LogP contribution is -2.44. The fourth-order valence-electron chi connectivity index (χ4n) is 3.49. The van der Waals surface area contributed by atoms with Gasteiger partial charge in [0.05, 0.1) is 12.9 Å². The average Bonchev–Trinajstić information content (AvgIpc) is 3.29. The number of amides is 3. The van der Waals surface area contributed by atoms with Crippen molar-refractivity contribution in [3.8, 4) is 0 Å². The Morgan fingerprint density at radius 3 is 2.49 bits per heavy atom. The van der Waals surface area contributed by atoms with Crippen molar-refractivity contribution in [2.45, 2.75) is 46.4 Å². The van der Waals surface area contributed by atoms with Crippen LogP contribution >= 0.6 is 0 Å². The number of alkyl carbamates (subject to hydrolysis) is 1. The Hall–Kier alpha value is -4.95. The average molecular weight is 572 g/mol. The number of esters is 1. The number of aromatic amines is 1. The summed E-state index contributed by atoms with van der Waals surface area (Å²) < 4.78 is 16.6. The number of aromatic nitrogens is 4. The highest BCUT2D eigenvalue weighted by Gasteiger charge is 2.22. The Labute approximate surface area is 235 Å². The van der Waals surface area contributed by atoms with Crippen molar-refractivity contribution in [1.82, 2.24) is 29.7 Å². The number of fused-ring (bicyclic) bond motifs is 1. The largest absolute Gasteiger partial charge is 0.465 e. The number of H-pyrrole nitrogens is 1. The van der Waals surface area contributed by atoms with Gasteiger partial charge in [-0.15, -0.1) is 0 Å². The molecule has 0 spiro atoms. The zero-order chi connectivity index (χ0) is 30.0. The molecule has 0 aliphatic rings. The molecule has 15 heteroatoms. The molecule has 41 heavy (non-hydrogen) atoms. The van der Waals surface area contributed by atoms with Gasteiger partial charge in [-0.3, -0.25) is 24.7 Å². The van der Waals surface area contributed by atoms with Crippen LogP contribution < -0.4 is 16.2 Å². The quantitative estimate of drug-likeness (QED) is 0.226. The van der Waals surface area contributed by atoms with Gasteiger partial charge in [0.25, 0.3) is 5.56 Å². The summed E-state index contributed by atoms with van der Waals surface area (Å²) in [4.78, 5) is 73.9. The molecule has 0 unspecified atom stereocenters. The Morgan fingerprint density at radius 2 is 1.80 bits per heavy atom. The van der Waals surface area contributed by atoms with Crippen molar-refractivity contribution in [3.63, 3.8) is 0 Å². The first-order chi connectivity index (χ1) is 19.4. The zero-order valence-corrected chi connectivity index (χ0v) is 23.3. The van der Waals surface area contributed by atoms with Crippen LogP contribution in [-0.2, 0) is 37.0 Å². The van der Waals surface area contributed by atoms with Crippen LogP contribution in [0.25, 0.3) is 11.2 Å². The van der Waals surface area contributed by atoms with Crippen molar-refractivity contribution in [1.29, 1.82) is 0 Å². The minimum absolute atomic E-state index is 0.00180. The molecule has 2 heterocycles. The van der Waals surface area contributed by atoms with Crippen molar-refractivity contribution >= 4 is 41.2 Å². The molecule has 0 aliphatic heterocycles. The molecule has 0 radical (unpaired) electrons. The Kier molecular flexibility index (Phi) is 10.4. The third-order valence-corrected chi connectivity index (χ3v) is 5.24. The normalized spacial score (nSPS) is 11.0. The van der Waals surface area contributed by atoms with E-state index in [1.54, 1.807) is 52.0 Å². The molecular weight excluding hydrogens is 538 g/mol. The maximum absolute atomic E-state index is 13.2. The van der Waals surface area contributed by atoms with E-state index in [9.17, 15) is 24.0 Å². The van der Waals surface area contributed by atoms with Gasteiger partial charge in [0.1, 0.15) is 25.3 Å². The van der Waals surface area contributed by atoms with Crippen molar-refractivity contribution in [2.75, 3.05) is 31.6 Å². The molecule has 0 fully saturated rings. The lowest BCUT2D eigenvalue weighted by atomic mass is 10.2. The lowest BCUT2D eigenvalue weighted by Gasteiger charge is -2.23. The summed E-state index contributed by atoms with van der Waals surface area (Å²) in [6.45, 7) is 6.16. The van der Waals surface area contributed by atoms with Crippen LogP contribution in [-0.4, -0.2) is 80.3 Å². The highest BCUT2D eigenvalue weighted by Crippen LogP contribution is 2.10. The molecule has 1 aromatic carbocycles. The number of carbonyl (C=O) groups excluding carboxylic acids is 4. The molecule has 0 atom stereocenters. The molecular formula is C26H33N7O8. The molecule has 0 aliphatic carbocycles. The van der Waals surface area contributed by atoms with E-state index in [1.165, 1.54) is 15.8 Å². The summed E-state index contributed by atoms with van der Waals surface area (Å²) in [6.07, 6.45) is -0.284. The molecule has 0 saturated carbocycles. The number of hydrogen-bond donors (Lipinski definition) is 3. The second kappa shape index (κ2) is 13.9. The monoisotopic (exact) mass is 571 g/mol. The van der Waals surface area contributed by atoms with Crippen LogP contribution in [0.5, 0.6) is 0 Å². The van der Waals surface area contributed by atoms with E-state index in [0.29, 0.717) is 0 Å². The Morgan fingerprint density at radius 1 is 1.07 bits per heavy atom. The second-order valence-electron chi connectivity index (χ2n) is 9.69. The molecule has 3 rings (SSSR count). The van der Waals surface area contributed by atoms with E-state index in [4.69, 9.17) is 14.2 Å². The highest BCUT2D eigenvalue weighted by atomic mass is 16.6. The SMILES string of the molecule is CCOC(=O)CN(CCNC(=O)OC(C)(C)C)C(=O)Cn1cnc2c(=O)[nH]c(NC(=O)OCc3ccccc3)nc21. The lowest BCUT2D eigenvalue weighted by molar-refractivity contribution is -0.149. The first-order valence-corrected chi connectivity index (χ1v) is 12.8. The number of imidazole rings is 1. The number of nitrogens with one attached hydrogen (secondary N) is 3. The van der Waals surface area contributed by atoms with Gasteiger partial charge >= 0.3 is 18.2 Å². The molecule has 3 N–H and O–H groups in total. The van der Waals surface area contributed by atoms with Crippen LogP contribution in [0.3, 0.4) is 0 Å². The summed E-state index contributed by atoms with van der Waals surface area (Å²) in [6, 6.07) is 9.01. The zero-order valence-electron chi connectivity index (χ0n) is 23.3. The van der Waals surface area contributed by atoms with Gasteiger partial charge in [0.2, 0.25) is 11.9 Å². The number of anilines is 1.